The van der Waals surface area contributed by atoms with Crippen LogP contribution in [0.25, 0.3) is 22.0 Å². The van der Waals surface area contributed by atoms with Crippen LogP contribution in [0.15, 0.2) is 36.7 Å². The fourth-order valence-electron chi connectivity index (χ4n) is 5.31. The van der Waals surface area contributed by atoms with Crippen LogP contribution in [0.2, 0.25) is 0 Å². The van der Waals surface area contributed by atoms with Crippen molar-refractivity contribution in [2.75, 3.05) is 42.6 Å². The van der Waals surface area contributed by atoms with E-state index in [0.29, 0.717) is 18.2 Å². The van der Waals surface area contributed by atoms with Crippen molar-refractivity contribution in [2.45, 2.75) is 24.7 Å². The average Bonchev–Trinajstić information content (AvgIpc) is 3.00. The first-order valence-corrected chi connectivity index (χ1v) is 13.7. The fourth-order valence-corrected chi connectivity index (χ4v) is 5.86. The van der Waals surface area contributed by atoms with Crippen molar-refractivity contribution >= 4 is 38.2 Å². The number of ether oxygens (including phenoxy) is 1. The zero-order valence-corrected chi connectivity index (χ0v) is 20.5. The molecule has 1 saturated heterocycles. The van der Waals surface area contributed by atoms with Gasteiger partial charge >= 0.3 is 0 Å². The van der Waals surface area contributed by atoms with Gasteiger partial charge in [-0.2, -0.15) is 0 Å². The first-order chi connectivity index (χ1) is 16.7. The third-order valence-corrected chi connectivity index (χ3v) is 8.00. The van der Waals surface area contributed by atoms with E-state index in [0.717, 1.165) is 71.9 Å². The van der Waals surface area contributed by atoms with Crippen molar-refractivity contribution in [3.8, 4) is 17.0 Å². The molecule has 9 nitrogen and oxygen atoms in total. The molecule has 3 aliphatic rings. The van der Waals surface area contributed by atoms with Crippen molar-refractivity contribution < 1.29 is 17.9 Å². The Hall–Kier alpha value is -3.24. The van der Waals surface area contributed by atoms with Crippen molar-refractivity contribution in [1.29, 1.82) is 0 Å². The van der Waals surface area contributed by atoms with Gasteiger partial charge in [0.05, 0.1) is 35.7 Å². The van der Waals surface area contributed by atoms with Crippen LogP contribution in [-0.2, 0) is 20.2 Å². The molecule has 2 fully saturated rings. The molecular weight excluding hydrogens is 466 g/mol. The van der Waals surface area contributed by atoms with Gasteiger partial charge in [-0.15, -0.1) is 0 Å². The Morgan fingerprint density at radius 1 is 1.17 bits per heavy atom. The van der Waals surface area contributed by atoms with Gasteiger partial charge in [0.25, 0.3) is 0 Å². The molecule has 1 saturated carbocycles. The van der Waals surface area contributed by atoms with E-state index in [1.165, 1.54) is 0 Å². The molecular formula is C25H27N5O4S. The Kier molecular flexibility index (Phi) is 5.01. The Labute approximate surface area is 204 Å². The topological polar surface area (TPSA) is 114 Å². The first-order valence-electron chi connectivity index (χ1n) is 11.8. The van der Waals surface area contributed by atoms with Gasteiger partial charge in [0.15, 0.2) is 0 Å². The van der Waals surface area contributed by atoms with Crippen LogP contribution < -0.4 is 19.7 Å². The molecule has 2 N–H and O–H groups in total. The van der Waals surface area contributed by atoms with Gasteiger partial charge in [0.2, 0.25) is 21.8 Å². The molecule has 1 aliphatic carbocycles. The maximum absolute atomic E-state index is 13.1. The van der Waals surface area contributed by atoms with Gasteiger partial charge in [-0.3, -0.25) is 14.5 Å². The number of likely N-dealkylation sites (N-methyl/N-ethyl adjacent to an activating group) is 1. The lowest BCUT2D eigenvalue weighted by molar-refractivity contribution is -0.125. The average molecular weight is 494 g/mol. The molecule has 3 aromatic rings. The first kappa shape index (κ1) is 22.2. The molecule has 0 unspecified atom stereocenters. The maximum atomic E-state index is 13.1. The van der Waals surface area contributed by atoms with E-state index in [2.05, 4.69) is 20.0 Å². The third kappa shape index (κ3) is 3.63. The zero-order valence-electron chi connectivity index (χ0n) is 19.7. The summed E-state index contributed by atoms with van der Waals surface area (Å²) in [5.41, 5.74) is 4.21. The molecule has 0 radical (unpaired) electrons. The summed E-state index contributed by atoms with van der Waals surface area (Å²) in [6.07, 6.45) is 7.32. The third-order valence-electron chi connectivity index (χ3n) is 7.41. The number of pyridine rings is 2. The summed E-state index contributed by atoms with van der Waals surface area (Å²) < 4.78 is 32.5. The summed E-state index contributed by atoms with van der Waals surface area (Å²) in [5.74, 6) is 0.787. The van der Waals surface area contributed by atoms with E-state index < -0.39 is 15.4 Å². The van der Waals surface area contributed by atoms with Crippen molar-refractivity contribution in [1.82, 2.24) is 15.3 Å². The van der Waals surface area contributed by atoms with Gasteiger partial charge < -0.3 is 15.0 Å². The molecule has 2 aromatic heterocycles. The summed E-state index contributed by atoms with van der Waals surface area (Å²) in [4.78, 5) is 23.9. The summed E-state index contributed by atoms with van der Waals surface area (Å²) >= 11 is 0. The van der Waals surface area contributed by atoms with Gasteiger partial charge in [-0.1, -0.05) is 12.5 Å². The number of carbonyl (C=O) groups excluding carboxylic acids is 1. The Balaban J connectivity index is 1.43. The predicted octanol–water partition coefficient (Wildman–Crippen LogP) is 2.66. The maximum Gasteiger partial charge on any atom is 0.238 e. The number of carbonyl (C=O) groups is 1. The highest BCUT2D eigenvalue weighted by Gasteiger charge is 2.54. The Morgan fingerprint density at radius 3 is 2.63 bits per heavy atom. The minimum Gasteiger partial charge on any atom is -0.476 e. The molecule has 182 valence electrons. The SMILES string of the molecule is CN1C(=O)C2(CCC2)c2c1cnc1ccc(-c3cnc(OCC4CNC4)c(NS(C)(=O)=O)c3)cc21. The lowest BCUT2D eigenvalue weighted by Gasteiger charge is -2.37. The number of aromatic nitrogens is 2. The molecule has 6 rings (SSSR count). The van der Waals surface area contributed by atoms with E-state index in [1.807, 2.05) is 25.2 Å². The molecule has 2 aliphatic heterocycles. The summed E-state index contributed by atoms with van der Waals surface area (Å²) in [6.45, 7) is 2.22. The second-order valence-electron chi connectivity index (χ2n) is 9.84. The normalized spacial score (nSPS) is 18.9. The number of amides is 1. The van der Waals surface area contributed by atoms with Crippen LogP contribution in [0.5, 0.6) is 5.88 Å². The van der Waals surface area contributed by atoms with Gasteiger partial charge in [-0.25, -0.2) is 13.4 Å². The Morgan fingerprint density at radius 2 is 1.97 bits per heavy atom. The fraction of sp³-hybridized carbons (Fsp3) is 0.400. The molecule has 0 atom stereocenters. The number of rotatable bonds is 6. The smallest absolute Gasteiger partial charge is 0.238 e. The standard InChI is InChI=1S/C25H27N5O4S/c1-30-21-13-27-19-5-4-16(8-18(19)22(21)25(24(30)31)6-3-7-25)17-9-20(29-35(2,32)33)23(28-12-17)34-14-15-10-26-11-15/h4-5,8-9,12-13,15,26,29H,3,6-7,10-11,14H2,1-2H3. The van der Waals surface area contributed by atoms with E-state index in [4.69, 9.17) is 4.74 Å². The molecule has 0 bridgehead atoms. The van der Waals surface area contributed by atoms with Crippen molar-refractivity contribution in [3.05, 3.63) is 42.2 Å². The largest absolute Gasteiger partial charge is 0.476 e. The lowest BCUT2D eigenvalue weighted by Crippen LogP contribution is -2.45. The number of benzene rings is 1. The monoisotopic (exact) mass is 493 g/mol. The van der Waals surface area contributed by atoms with E-state index in [9.17, 15) is 13.2 Å². The molecule has 1 spiro atoms. The number of anilines is 2. The molecule has 1 amide bonds. The van der Waals surface area contributed by atoms with Crippen LogP contribution in [0, 0.1) is 5.92 Å². The molecule has 10 heteroatoms. The van der Waals surface area contributed by atoms with E-state index >= 15 is 0 Å². The quantitative estimate of drug-likeness (QED) is 0.543. The van der Waals surface area contributed by atoms with Crippen LogP contribution in [0.4, 0.5) is 11.4 Å². The lowest BCUT2D eigenvalue weighted by atomic mass is 9.64. The number of nitrogens with one attached hydrogen (secondary N) is 2. The second-order valence-corrected chi connectivity index (χ2v) is 11.6. The van der Waals surface area contributed by atoms with Gasteiger partial charge in [-0.05, 0) is 36.6 Å². The molecule has 4 heterocycles. The zero-order chi connectivity index (χ0) is 24.4. The number of sulfonamides is 1. The van der Waals surface area contributed by atoms with Crippen LogP contribution >= 0.6 is 0 Å². The van der Waals surface area contributed by atoms with Crippen molar-refractivity contribution in [2.24, 2.45) is 5.92 Å². The second kappa shape index (κ2) is 7.89. The predicted molar refractivity (Wildman–Crippen MR) is 134 cm³/mol. The minimum atomic E-state index is -3.53. The van der Waals surface area contributed by atoms with Crippen LogP contribution in [0.3, 0.4) is 0 Å². The Bertz CT molecular complexity index is 1460. The highest BCUT2D eigenvalue weighted by atomic mass is 32.2. The number of hydrogen-bond acceptors (Lipinski definition) is 7. The van der Waals surface area contributed by atoms with Gasteiger partial charge in [0.1, 0.15) is 5.69 Å². The summed E-state index contributed by atoms with van der Waals surface area (Å²) in [7, 11) is -1.71. The highest BCUT2D eigenvalue weighted by molar-refractivity contribution is 7.92. The summed E-state index contributed by atoms with van der Waals surface area (Å²) in [5, 5.41) is 4.14. The molecule has 35 heavy (non-hydrogen) atoms. The number of fused-ring (bicyclic) bond motifs is 4. The highest BCUT2D eigenvalue weighted by Crippen LogP contribution is 2.55. The van der Waals surface area contributed by atoms with Crippen LogP contribution in [-0.4, -0.2) is 57.3 Å². The summed E-state index contributed by atoms with van der Waals surface area (Å²) in [6, 6.07) is 7.67. The van der Waals surface area contributed by atoms with E-state index in [1.54, 1.807) is 23.4 Å². The van der Waals surface area contributed by atoms with E-state index in [-0.39, 0.29) is 11.8 Å². The number of nitrogens with zero attached hydrogens (tertiary/aromatic N) is 3. The minimum absolute atomic E-state index is 0.142. The van der Waals surface area contributed by atoms with Gasteiger partial charge in [0, 0.05) is 48.8 Å². The van der Waals surface area contributed by atoms with Crippen LogP contribution in [0.1, 0.15) is 24.8 Å². The van der Waals surface area contributed by atoms with Crippen molar-refractivity contribution in [3.63, 3.8) is 0 Å². The number of hydrogen-bond donors (Lipinski definition) is 2. The molecule has 1 aromatic carbocycles.